The quantitative estimate of drug-likeness (QED) is 0.841. The molecule has 2 N–H and O–H groups in total. The van der Waals surface area contributed by atoms with Crippen LogP contribution in [-0.2, 0) is 6.42 Å². The van der Waals surface area contributed by atoms with Gasteiger partial charge in [-0.05, 0) is 6.54 Å². The number of thiazole rings is 2. The fraction of sp³-hybridized carbons (Fsp3) is 0.250. The molecule has 0 saturated carbocycles. The summed E-state index contributed by atoms with van der Waals surface area (Å²) in [5.41, 5.74) is 8.29. The summed E-state index contributed by atoms with van der Waals surface area (Å²) < 4.78 is 0. The first-order valence-corrected chi connectivity index (χ1v) is 5.69. The van der Waals surface area contributed by atoms with E-state index in [9.17, 15) is 0 Å². The summed E-state index contributed by atoms with van der Waals surface area (Å²) in [6.07, 6.45) is 2.70. The Hall–Kier alpha value is -0.780. The maximum absolute atomic E-state index is 5.45. The number of hydrogen-bond acceptors (Lipinski definition) is 5. The summed E-state index contributed by atoms with van der Waals surface area (Å²) in [7, 11) is 0. The van der Waals surface area contributed by atoms with Crippen LogP contribution in [0.1, 0.15) is 5.01 Å². The lowest BCUT2D eigenvalue weighted by Gasteiger charge is -1.88. The van der Waals surface area contributed by atoms with E-state index >= 15 is 0 Å². The van der Waals surface area contributed by atoms with Crippen molar-refractivity contribution in [1.29, 1.82) is 0 Å². The van der Waals surface area contributed by atoms with Crippen LogP contribution in [0.4, 0.5) is 0 Å². The second kappa shape index (κ2) is 3.95. The number of nitrogens with zero attached hydrogens (tertiary/aromatic N) is 2. The second-order valence-corrected chi connectivity index (χ2v) is 4.36. The van der Waals surface area contributed by atoms with Crippen LogP contribution in [0.2, 0.25) is 0 Å². The molecule has 0 radical (unpaired) electrons. The highest BCUT2D eigenvalue weighted by atomic mass is 32.1. The summed E-state index contributed by atoms with van der Waals surface area (Å²) in [4.78, 5) is 9.59. The molecule has 0 bridgehead atoms. The standard InChI is InChI=1S/C8H9N3S2/c9-2-1-8-11-6(4-12-8)7-3-10-5-13-7/h3-5H,1-2,9H2. The SMILES string of the molecule is NCCc1nc(-c2cncs2)cs1. The van der Waals surface area contributed by atoms with Crippen molar-refractivity contribution in [2.24, 2.45) is 5.73 Å². The Kier molecular flexibility index (Phi) is 2.68. The molecule has 0 amide bonds. The van der Waals surface area contributed by atoms with Gasteiger partial charge in [0.1, 0.15) is 0 Å². The monoisotopic (exact) mass is 211 g/mol. The van der Waals surface area contributed by atoms with E-state index in [0.29, 0.717) is 6.54 Å². The molecule has 0 spiro atoms. The minimum Gasteiger partial charge on any atom is -0.330 e. The molecule has 68 valence electrons. The smallest absolute Gasteiger partial charge is 0.0945 e. The summed E-state index contributed by atoms with van der Waals surface area (Å²) >= 11 is 3.27. The molecule has 0 unspecified atom stereocenters. The van der Waals surface area contributed by atoms with Crippen molar-refractivity contribution in [3.05, 3.63) is 22.1 Å². The van der Waals surface area contributed by atoms with Crippen molar-refractivity contribution < 1.29 is 0 Å². The van der Waals surface area contributed by atoms with E-state index in [-0.39, 0.29) is 0 Å². The summed E-state index contributed by atoms with van der Waals surface area (Å²) in [6, 6.07) is 0. The van der Waals surface area contributed by atoms with Crippen LogP contribution in [0.5, 0.6) is 0 Å². The lowest BCUT2D eigenvalue weighted by atomic mass is 10.4. The Labute approximate surface area is 84.3 Å². The fourth-order valence-corrected chi connectivity index (χ4v) is 2.48. The zero-order chi connectivity index (χ0) is 9.10. The normalized spacial score (nSPS) is 10.5. The van der Waals surface area contributed by atoms with Crippen molar-refractivity contribution in [2.75, 3.05) is 6.54 Å². The Morgan fingerprint density at radius 3 is 3.00 bits per heavy atom. The van der Waals surface area contributed by atoms with Crippen LogP contribution in [0.3, 0.4) is 0 Å². The van der Waals surface area contributed by atoms with Gasteiger partial charge in [-0.25, -0.2) is 4.98 Å². The van der Waals surface area contributed by atoms with Gasteiger partial charge in [0.05, 0.1) is 21.1 Å². The molecule has 0 atom stereocenters. The van der Waals surface area contributed by atoms with E-state index in [2.05, 4.69) is 15.3 Å². The number of hydrogen-bond donors (Lipinski definition) is 1. The molecule has 0 fully saturated rings. The first-order chi connectivity index (χ1) is 6.40. The maximum Gasteiger partial charge on any atom is 0.0945 e. The summed E-state index contributed by atoms with van der Waals surface area (Å²) in [5.74, 6) is 0. The Morgan fingerprint density at radius 2 is 2.31 bits per heavy atom. The zero-order valence-corrected chi connectivity index (χ0v) is 8.57. The van der Waals surface area contributed by atoms with Crippen LogP contribution < -0.4 is 5.73 Å². The molecule has 2 aromatic rings. The Morgan fingerprint density at radius 1 is 1.38 bits per heavy atom. The van der Waals surface area contributed by atoms with Crippen molar-refractivity contribution in [3.8, 4) is 10.6 Å². The molecule has 0 aliphatic rings. The third kappa shape index (κ3) is 1.93. The van der Waals surface area contributed by atoms with E-state index in [1.165, 1.54) is 0 Å². The third-order valence-electron chi connectivity index (χ3n) is 1.59. The highest BCUT2D eigenvalue weighted by Crippen LogP contribution is 2.24. The van der Waals surface area contributed by atoms with Crippen LogP contribution in [-0.4, -0.2) is 16.5 Å². The van der Waals surface area contributed by atoms with Crippen molar-refractivity contribution in [1.82, 2.24) is 9.97 Å². The molecule has 2 aromatic heterocycles. The van der Waals surface area contributed by atoms with Crippen LogP contribution in [0.15, 0.2) is 17.1 Å². The average Bonchev–Trinajstić information content (AvgIpc) is 2.70. The highest BCUT2D eigenvalue weighted by Gasteiger charge is 2.04. The van der Waals surface area contributed by atoms with E-state index in [0.717, 1.165) is 22.0 Å². The summed E-state index contributed by atoms with van der Waals surface area (Å²) in [5, 5.41) is 3.16. The van der Waals surface area contributed by atoms with Crippen molar-refractivity contribution in [3.63, 3.8) is 0 Å². The topological polar surface area (TPSA) is 51.8 Å². The van der Waals surface area contributed by atoms with Gasteiger partial charge in [0.15, 0.2) is 0 Å². The van der Waals surface area contributed by atoms with Crippen molar-refractivity contribution in [2.45, 2.75) is 6.42 Å². The number of rotatable bonds is 3. The van der Waals surface area contributed by atoms with Gasteiger partial charge in [-0.2, -0.15) is 0 Å². The average molecular weight is 211 g/mol. The molecule has 0 aliphatic heterocycles. The zero-order valence-electron chi connectivity index (χ0n) is 6.93. The Balaban J connectivity index is 2.23. The number of aromatic nitrogens is 2. The molecule has 0 saturated heterocycles. The molecule has 3 nitrogen and oxygen atoms in total. The van der Waals surface area contributed by atoms with Gasteiger partial charge >= 0.3 is 0 Å². The molecule has 5 heteroatoms. The van der Waals surface area contributed by atoms with E-state index in [4.69, 9.17) is 5.73 Å². The van der Waals surface area contributed by atoms with Gasteiger partial charge in [0.25, 0.3) is 0 Å². The largest absolute Gasteiger partial charge is 0.330 e. The first-order valence-electron chi connectivity index (χ1n) is 3.93. The van der Waals surface area contributed by atoms with Gasteiger partial charge in [0.2, 0.25) is 0 Å². The number of nitrogens with two attached hydrogens (primary N) is 1. The molecule has 13 heavy (non-hydrogen) atoms. The first kappa shape index (κ1) is 8.80. The van der Waals surface area contributed by atoms with E-state index < -0.39 is 0 Å². The van der Waals surface area contributed by atoms with Crippen LogP contribution in [0.25, 0.3) is 10.6 Å². The van der Waals surface area contributed by atoms with Gasteiger partial charge in [-0.3, -0.25) is 4.98 Å². The van der Waals surface area contributed by atoms with Gasteiger partial charge in [-0.15, -0.1) is 22.7 Å². The lowest BCUT2D eigenvalue weighted by Crippen LogP contribution is -2.01. The molecular formula is C8H9N3S2. The predicted octanol–water partition coefficient (Wildman–Crippen LogP) is 1.77. The fourth-order valence-electron chi connectivity index (χ4n) is 1.00. The van der Waals surface area contributed by atoms with E-state index in [1.54, 1.807) is 22.7 Å². The Bertz CT molecular complexity index is 366. The minimum absolute atomic E-state index is 0.662. The van der Waals surface area contributed by atoms with Gasteiger partial charge < -0.3 is 5.73 Å². The highest BCUT2D eigenvalue weighted by molar-refractivity contribution is 7.14. The van der Waals surface area contributed by atoms with Gasteiger partial charge in [0, 0.05) is 18.0 Å². The molecule has 0 aromatic carbocycles. The summed E-state index contributed by atoms with van der Waals surface area (Å²) in [6.45, 7) is 0.662. The minimum atomic E-state index is 0.662. The van der Waals surface area contributed by atoms with Crippen LogP contribution in [0, 0.1) is 0 Å². The van der Waals surface area contributed by atoms with Gasteiger partial charge in [-0.1, -0.05) is 0 Å². The second-order valence-electron chi connectivity index (χ2n) is 2.53. The molecule has 0 aliphatic carbocycles. The molecular weight excluding hydrogens is 202 g/mol. The molecule has 2 rings (SSSR count). The predicted molar refractivity (Wildman–Crippen MR) is 56.0 cm³/mol. The van der Waals surface area contributed by atoms with E-state index in [1.807, 2.05) is 11.7 Å². The van der Waals surface area contributed by atoms with Crippen LogP contribution >= 0.6 is 22.7 Å². The van der Waals surface area contributed by atoms with Crippen molar-refractivity contribution >= 4 is 22.7 Å². The maximum atomic E-state index is 5.45. The third-order valence-corrected chi connectivity index (χ3v) is 3.30. The molecule has 2 heterocycles. The lowest BCUT2D eigenvalue weighted by molar-refractivity contribution is 0.954.